The maximum atomic E-state index is 12.8. The van der Waals surface area contributed by atoms with Crippen LogP contribution in [-0.4, -0.2) is 31.7 Å². The van der Waals surface area contributed by atoms with Crippen molar-refractivity contribution in [2.24, 2.45) is 4.99 Å². The van der Waals surface area contributed by atoms with Gasteiger partial charge in [-0.15, -0.1) is 29.6 Å². The molecule has 222 valence electrons. The molecule has 0 radical (unpaired) electrons. The molecule has 0 aliphatic carbocycles. The smallest absolute Gasteiger partial charge is 0.406 e. The third kappa shape index (κ3) is 7.20. The van der Waals surface area contributed by atoms with E-state index in [0.717, 1.165) is 22.5 Å². The number of aromatic nitrogens is 4. The Kier molecular flexibility index (Phi) is 8.49. The molecule has 5 rings (SSSR count). The number of hydrogen-bond acceptors (Lipinski definition) is 5. The highest BCUT2D eigenvalue weighted by Gasteiger charge is 2.31. The van der Waals surface area contributed by atoms with Crippen LogP contribution in [0.2, 0.25) is 0 Å². The number of alkyl halides is 3. The van der Waals surface area contributed by atoms with Crippen molar-refractivity contribution < 1.29 is 22.7 Å². The molecular weight excluding hydrogens is 577 g/mol. The minimum absolute atomic E-state index is 0.281. The van der Waals surface area contributed by atoms with E-state index in [2.05, 4.69) is 64.1 Å². The van der Waals surface area contributed by atoms with Gasteiger partial charge in [-0.2, -0.15) is 4.99 Å². The maximum Gasteiger partial charge on any atom is 0.573 e. The van der Waals surface area contributed by atoms with Gasteiger partial charge in [0.25, 0.3) is 0 Å². The Morgan fingerprint density at radius 2 is 1.77 bits per heavy atom. The number of hydrogen-bond donors (Lipinski definition) is 1. The summed E-state index contributed by atoms with van der Waals surface area (Å²) in [6, 6.07) is 18.6. The standard InChI is InChI=1S/C31H29F3N6O2S/c1-19(2)26-15-20(3)5-14-27(26)40-21(4)17-43-30(40)37-29(41)35-16-22-6-8-23(9-7-22)28-36-18-39(38-28)24-10-12-25(13-11-24)42-31(32,33)34/h5-15,17-19H,16H2,1-4H3,(H,35,41)/b37-30-. The van der Waals surface area contributed by atoms with E-state index in [-0.39, 0.29) is 12.3 Å². The molecular formula is C31H29F3N6O2S. The van der Waals surface area contributed by atoms with E-state index in [1.807, 2.05) is 41.1 Å². The van der Waals surface area contributed by atoms with Crippen LogP contribution in [0.4, 0.5) is 18.0 Å². The monoisotopic (exact) mass is 606 g/mol. The maximum absolute atomic E-state index is 12.8. The van der Waals surface area contributed by atoms with Crippen molar-refractivity contribution in [1.29, 1.82) is 0 Å². The fourth-order valence-electron chi connectivity index (χ4n) is 4.50. The zero-order valence-electron chi connectivity index (χ0n) is 23.9. The Bertz CT molecular complexity index is 1800. The van der Waals surface area contributed by atoms with E-state index in [9.17, 15) is 18.0 Å². The van der Waals surface area contributed by atoms with Gasteiger partial charge in [0, 0.05) is 23.2 Å². The number of halogens is 3. The number of benzene rings is 3. The van der Waals surface area contributed by atoms with Gasteiger partial charge in [0.05, 0.1) is 11.4 Å². The number of carbonyl (C=O) groups is 1. The molecule has 0 unspecified atom stereocenters. The molecule has 0 atom stereocenters. The summed E-state index contributed by atoms with van der Waals surface area (Å²) in [4.78, 5) is 22.1. The molecule has 2 amide bonds. The Morgan fingerprint density at radius 3 is 2.44 bits per heavy atom. The Balaban J connectivity index is 1.25. The van der Waals surface area contributed by atoms with Crippen LogP contribution in [0.15, 0.2) is 83.4 Å². The Morgan fingerprint density at radius 1 is 1.05 bits per heavy atom. The number of rotatable bonds is 7. The second kappa shape index (κ2) is 12.3. The molecule has 8 nitrogen and oxygen atoms in total. The summed E-state index contributed by atoms with van der Waals surface area (Å²) < 4.78 is 44.6. The van der Waals surface area contributed by atoms with Crippen molar-refractivity contribution in [3.05, 3.63) is 106 Å². The largest absolute Gasteiger partial charge is 0.573 e. The summed E-state index contributed by atoms with van der Waals surface area (Å²) in [7, 11) is 0. The number of nitrogens with one attached hydrogen (secondary N) is 1. The van der Waals surface area contributed by atoms with Crippen LogP contribution in [0, 0.1) is 13.8 Å². The second-order valence-corrected chi connectivity index (χ2v) is 11.1. The molecule has 0 fully saturated rings. The minimum atomic E-state index is -4.75. The Labute approximate surface area is 250 Å². The number of aryl methyl sites for hydroxylation is 2. The molecule has 12 heteroatoms. The lowest BCUT2D eigenvalue weighted by atomic mass is 9.99. The SMILES string of the molecule is Cc1ccc(-n2c(C)cs/c2=N\C(=O)NCc2ccc(-c3ncn(-c4ccc(OC(F)(F)F)cc4)n3)cc2)c(C(C)C)c1. The number of thiazole rings is 1. The second-order valence-electron chi connectivity index (χ2n) is 10.2. The predicted octanol–water partition coefficient (Wildman–Crippen LogP) is 7.24. The topological polar surface area (TPSA) is 86.3 Å². The van der Waals surface area contributed by atoms with Gasteiger partial charge in [-0.1, -0.05) is 55.8 Å². The first-order valence-corrected chi connectivity index (χ1v) is 14.3. The van der Waals surface area contributed by atoms with Gasteiger partial charge in [-0.25, -0.2) is 14.5 Å². The molecule has 2 heterocycles. The van der Waals surface area contributed by atoms with E-state index in [4.69, 9.17) is 0 Å². The molecule has 0 saturated carbocycles. The normalized spacial score (nSPS) is 12.1. The molecule has 0 saturated heterocycles. The van der Waals surface area contributed by atoms with Crippen molar-refractivity contribution >= 4 is 17.4 Å². The van der Waals surface area contributed by atoms with Gasteiger partial charge in [0.15, 0.2) is 10.6 Å². The van der Waals surface area contributed by atoms with Crippen molar-refractivity contribution in [1.82, 2.24) is 24.6 Å². The fourth-order valence-corrected chi connectivity index (χ4v) is 5.36. The summed E-state index contributed by atoms with van der Waals surface area (Å²) in [6.45, 7) is 8.65. The van der Waals surface area contributed by atoms with Crippen LogP contribution >= 0.6 is 11.3 Å². The number of ether oxygens (including phenoxy) is 1. The van der Waals surface area contributed by atoms with E-state index >= 15 is 0 Å². The van der Waals surface area contributed by atoms with Crippen LogP contribution in [-0.2, 0) is 6.54 Å². The van der Waals surface area contributed by atoms with Crippen molar-refractivity contribution in [3.8, 4) is 28.5 Å². The van der Waals surface area contributed by atoms with E-state index in [0.29, 0.717) is 22.2 Å². The first-order chi connectivity index (χ1) is 20.5. The minimum Gasteiger partial charge on any atom is -0.406 e. The number of urea groups is 1. The number of nitrogens with zero attached hydrogens (tertiary/aromatic N) is 5. The first-order valence-electron chi connectivity index (χ1n) is 13.4. The van der Waals surface area contributed by atoms with Gasteiger partial charge in [-0.05, 0) is 61.2 Å². The summed E-state index contributed by atoms with van der Waals surface area (Å²) in [5.74, 6) is 0.433. The van der Waals surface area contributed by atoms with Crippen LogP contribution < -0.4 is 14.9 Å². The number of amides is 2. The third-order valence-corrected chi connectivity index (χ3v) is 7.55. The van der Waals surface area contributed by atoms with Crippen molar-refractivity contribution in [3.63, 3.8) is 0 Å². The molecule has 5 aromatic rings. The van der Waals surface area contributed by atoms with Gasteiger partial charge >= 0.3 is 12.4 Å². The van der Waals surface area contributed by atoms with Gasteiger partial charge in [0.2, 0.25) is 0 Å². The molecule has 43 heavy (non-hydrogen) atoms. The van der Waals surface area contributed by atoms with E-state index < -0.39 is 12.4 Å². The molecule has 3 aromatic carbocycles. The highest BCUT2D eigenvalue weighted by Crippen LogP contribution is 2.26. The molecule has 0 bridgehead atoms. The summed E-state index contributed by atoms with van der Waals surface area (Å²) in [5, 5.41) is 9.26. The van der Waals surface area contributed by atoms with Crippen LogP contribution in [0.25, 0.3) is 22.8 Å². The molecule has 1 N–H and O–H groups in total. The zero-order chi connectivity index (χ0) is 30.7. The van der Waals surface area contributed by atoms with Gasteiger partial charge < -0.3 is 10.1 Å². The molecule has 2 aromatic heterocycles. The summed E-state index contributed by atoms with van der Waals surface area (Å²) in [5.41, 5.74) is 6.53. The average molecular weight is 607 g/mol. The molecule has 0 spiro atoms. The lowest BCUT2D eigenvalue weighted by Crippen LogP contribution is -2.24. The highest BCUT2D eigenvalue weighted by molar-refractivity contribution is 7.07. The summed E-state index contributed by atoms with van der Waals surface area (Å²) in [6.07, 6.45) is -3.28. The van der Waals surface area contributed by atoms with Crippen molar-refractivity contribution in [2.75, 3.05) is 0 Å². The highest BCUT2D eigenvalue weighted by atomic mass is 32.1. The van der Waals surface area contributed by atoms with Gasteiger partial charge in [0.1, 0.15) is 12.1 Å². The van der Waals surface area contributed by atoms with Gasteiger partial charge in [-0.3, -0.25) is 4.57 Å². The first kappa shape index (κ1) is 29.8. The van der Waals surface area contributed by atoms with E-state index in [1.165, 1.54) is 57.7 Å². The van der Waals surface area contributed by atoms with Crippen LogP contribution in [0.3, 0.4) is 0 Å². The molecule has 0 aliphatic rings. The van der Waals surface area contributed by atoms with Crippen molar-refractivity contribution in [2.45, 2.75) is 46.5 Å². The Hall–Kier alpha value is -4.71. The molecule has 0 aliphatic heterocycles. The third-order valence-electron chi connectivity index (χ3n) is 6.60. The number of carbonyl (C=O) groups excluding carboxylic acids is 1. The van der Waals surface area contributed by atoms with E-state index in [1.54, 1.807) is 0 Å². The quantitative estimate of drug-likeness (QED) is 0.212. The predicted molar refractivity (Wildman–Crippen MR) is 158 cm³/mol. The zero-order valence-corrected chi connectivity index (χ0v) is 24.7. The lowest BCUT2D eigenvalue weighted by Gasteiger charge is -2.16. The van der Waals surface area contributed by atoms with Crippen LogP contribution in [0.5, 0.6) is 5.75 Å². The summed E-state index contributed by atoms with van der Waals surface area (Å²) >= 11 is 1.42. The average Bonchev–Trinajstić information content (AvgIpc) is 3.59. The lowest BCUT2D eigenvalue weighted by molar-refractivity contribution is -0.274. The van der Waals surface area contributed by atoms with Crippen LogP contribution in [0.1, 0.15) is 42.1 Å². The fraction of sp³-hybridized carbons (Fsp3) is 0.226.